The summed E-state index contributed by atoms with van der Waals surface area (Å²) < 4.78 is 16.3. The van der Waals surface area contributed by atoms with Gasteiger partial charge in [0.05, 0.1) is 30.4 Å². The van der Waals surface area contributed by atoms with Crippen molar-refractivity contribution in [1.29, 1.82) is 0 Å². The Morgan fingerprint density at radius 2 is 1.76 bits per heavy atom. The Kier molecular flexibility index (Phi) is 8.28. The number of para-hydroxylation sites is 1. The molecule has 0 aliphatic rings. The fraction of sp³-hybridized carbons (Fsp3) is 0.160. The number of carbonyl (C=O) groups is 3. The van der Waals surface area contributed by atoms with Gasteiger partial charge in [-0.05, 0) is 58.5 Å². The van der Waals surface area contributed by atoms with Crippen molar-refractivity contribution in [3.8, 4) is 11.4 Å². The first-order valence-electron chi connectivity index (χ1n) is 11.1. The lowest BCUT2D eigenvalue weighted by Gasteiger charge is -2.05. The average Bonchev–Trinajstić information content (AvgIpc) is 3.46. The van der Waals surface area contributed by atoms with Crippen LogP contribution in [-0.4, -0.2) is 43.0 Å². The summed E-state index contributed by atoms with van der Waals surface area (Å²) >= 11 is 1.90. The molecule has 0 aliphatic heterocycles. The Balaban J connectivity index is 1.52. The van der Waals surface area contributed by atoms with Gasteiger partial charge in [0.2, 0.25) is 11.6 Å². The first kappa shape index (κ1) is 26.7. The molecule has 0 saturated heterocycles. The number of esters is 1. The fourth-order valence-corrected chi connectivity index (χ4v) is 5.34. The lowest BCUT2D eigenvalue weighted by Crippen LogP contribution is -2.36. The third kappa shape index (κ3) is 5.79. The zero-order valence-electron chi connectivity index (χ0n) is 20.5. The maximum absolute atomic E-state index is 12.9. The maximum Gasteiger partial charge on any atom is 0.442 e. The SMILES string of the molecule is COC(=O)c1c(NC(=O)CSc2c(=O)o[nH][n+]2-c2ccc(OC)cc2)sc(C(=O)Nc2ccccc2)c1C. The van der Waals surface area contributed by atoms with E-state index in [1.165, 1.54) is 11.8 Å². The molecule has 0 bridgehead atoms. The van der Waals surface area contributed by atoms with Gasteiger partial charge in [0.25, 0.3) is 5.91 Å². The normalized spacial score (nSPS) is 10.6. The van der Waals surface area contributed by atoms with Crippen LogP contribution in [0.2, 0.25) is 0 Å². The summed E-state index contributed by atoms with van der Waals surface area (Å²) in [4.78, 5) is 50.8. The molecule has 2 aromatic carbocycles. The van der Waals surface area contributed by atoms with Crippen LogP contribution in [-0.2, 0) is 9.53 Å². The van der Waals surface area contributed by atoms with Gasteiger partial charge in [-0.2, -0.15) is 0 Å². The Labute approximate surface area is 224 Å². The maximum atomic E-state index is 12.9. The molecular formula is C25H23N4O7S2+. The Morgan fingerprint density at radius 1 is 1.05 bits per heavy atom. The highest BCUT2D eigenvalue weighted by Crippen LogP contribution is 2.34. The Morgan fingerprint density at radius 3 is 2.42 bits per heavy atom. The van der Waals surface area contributed by atoms with Crippen molar-refractivity contribution in [2.75, 3.05) is 30.6 Å². The molecule has 4 aromatic rings. The van der Waals surface area contributed by atoms with E-state index in [0.29, 0.717) is 22.7 Å². The van der Waals surface area contributed by atoms with Crippen LogP contribution in [0.5, 0.6) is 5.75 Å². The van der Waals surface area contributed by atoms with Crippen LogP contribution in [0.25, 0.3) is 5.69 Å². The van der Waals surface area contributed by atoms with Gasteiger partial charge in [0.1, 0.15) is 10.8 Å². The van der Waals surface area contributed by atoms with E-state index < -0.39 is 23.4 Å². The number of carbonyl (C=O) groups excluding carboxylic acids is 3. The summed E-state index contributed by atoms with van der Waals surface area (Å²) in [5.41, 5.74) is 0.990. The van der Waals surface area contributed by atoms with Gasteiger partial charge < -0.3 is 20.1 Å². The van der Waals surface area contributed by atoms with E-state index in [1.807, 2.05) is 6.07 Å². The van der Waals surface area contributed by atoms with E-state index in [0.717, 1.165) is 23.1 Å². The van der Waals surface area contributed by atoms with Crippen molar-refractivity contribution in [1.82, 2.24) is 5.27 Å². The van der Waals surface area contributed by atoms with Gasteiger partial charge in [-0.3, -0.25) is 14.1 Å². The molecule has 4 rings (SSSR count). The highest BCUT2D eigenvalue weighted by atomic mass is 32.2. The van der Waals surface area contributed by atoms with Crippen LogP contribution in [0.15, 0.2) is 68.9 Å². The van der Waals surface area contributed by atoms with Crippen molar-refractivity contribution in [2.45, 2.75) is 11.9 Å². The molecule has 2 heterocycles. The molecule has 0 fully saturated rings. The number of nitrogens with zero attached hydrogens (tertiary/aromatic N) is 1. The monoisotopic (exact) mass is 555 g/mol. The van der Waals surface area contributed by atoms with E-state index in [9.17, 15) is 19.2 Å². The number of thioether (sulfide) groups is 1. The molecule has 2 amide bonds. The summed E-state index contributed by atoms with van der Waals surface area (Å²) in [6.07, 6.45) is 0. The van der Waals surface area contributed by atoms with Gasteiger partial charge >= 0.3 is 16.6 Å². The molecule has 0 unspecified atom stereocenters. The smallest absolute Gasteiger partial charge is 0.442 e. The number of hydrogen-bond acceptors (Lipinski definition) is 9. The topological polar surface area (TPSA) is 144 Å². The predicted octanol–water partition coefficient (Wildman–Crippen LogP) is 3.39. The number of H-pyrrole nitrogens is 1. The summed E-state index contributed by atoms with van der Waals surface area (Å²) in [5, 5.41) is 8.26. The van der Waals surface area contributed by atoms with E-state index in [2.05, 4.69) is 15.9 Å². The molecule has 0 atom stereocenters. The minimum Gasteiger partial charge on any atom is -0.497 e. The van der Waals surface area contributed by atoms with Gasteiger partial charge in [-0.25, -0.2) is 9.59 Å². The highest BCUT2D eigenvalue weighted by Gasteiger charge is 2.28. The first-order valence-corrected chi connectivity index (χ1v) is 12.9. The Hall–Kier alpha value is -4.36. The van der Waals surface area contributed by atoms with Crippen LogP contribution in [0, 0.1) is 6.92 Å². The molecule has 13 heteroatoms. The molecule has 0 spiro atoms. The zero-order chi connectivity index (χ0) is 27.2. The van der Waals surface area contributed by atoms with Crippen LogP contribution < -0.4 is 25.7 Å². The van der Waals surface area contributed by atoms with Crippen molar-refractivity contribution in [3.63, 3.8) is 0 Å². The number of aromatic nitrogens is 2. The fourth-order valence-electron chi connectivity index (χ4n) is 3.46. The highest BCUT2D eigenvalue weighted by molar-refractivity contribution is 7.99. The van der Waals surface area contributed by atoms with E-state index in [1.54, 1.807) is 62.6 Å². The largest absolute Gasteiger partial charge is 0.497 e. The molecular weight excluding hydrogens is 532 g/mol. The second kappa shape index (κ2) is 11.8. The minimum absolute atomic E-state index is 0.0866. The first-order chi connectivity index (χ1) is 18.3. The molecule has 2 aromatic heterocycles. The third-order valence-corrected chi connectivity index (χ3v) is 7.54. The predicted molar refractivity (Wildman–Crippen MR) is 142 cm³/mol. The third-order valence-electron chi connectivity index (χ3n) is 5.31. The van der Waals surface area contributed by atoms with Gasteiger partial charge in [-0.15, -0.1) is 11.3 Å². The lowest BCUT2D eigenvalue weighted by atomic mass is 10.1. The van der Waals surface area contributed by atoms with E-state index in [-0.39, 0.29) is 26.2 Å². The number of anilines is 2. The van der Waals surface area contributed by atoms with Crippen molar-refractivity contribution in [2.24, 2.45) is 0 Å². The number of hydrogen-bond donors (Lipinski definition) is 3. The van der Waals surface area contributed by atoms with Gasteiger partial charge in [0, 0.05) is 17.8 Å². The van der Waals surface area contributed by atoms with Crippen LogP contribution >= 0.6 is 23.1 Å². The molecule has 11 nitrogen and oxygen atoms in total. The Bertz CT molecular complexity index is 1530. The number of nitrogens with one attached hydrogen (secondary N) is 3. The molecule has 38 heavy (non-hydrogen) atoms. The van der Waals surface area contributed by atoms with E-state index in [4.69, 9.17) is 14.0 Å². The number of methoxy groups -OCH3 is 2. The number of benzene rings is 2. The van der Waals surface area contributed by atoms with Crippen molar-refractivity contribution >= 4 is 51.6 Å². The second-order valence-electron chi connectivity index (χ2n) is 7.73. The summed E-state index contributed by atoms with van der Waals surface area (Å²) in [6, 6.07) is 15.7. The van der Waals surface area contributed by atoms with Crippen LogP contribution in [0.3, 0.4) is 0 Å². The number of thiophene rings is 1. The van der Waals surface area contributed by atoms with E-state index >= 15 is 0 Å². The van der Waals surface area contributed by atoms with Gasteiger partial charge in [0.15, 0.2) is 0 Å². The average molecular weight is 556 g/mol. The lowest BCUT2D eigenvalue weighted by molar-refractivity contribution is -0.704. The van der Waals surface area contributed by atoms with Crippen LogP contribution in [0.4, 0.5) is 10.7 Å². The summed E-state index contributed by atoms with van der Waals surface area (Å²) in [6.45, 7) is 1.61. The van der Waals surface area contributed by atoms with Crippen molar-refractivity contribution < 1.29 is 33.1 Å². The van der Waals surface area contributed by atoms with Crippen LogP contribution in [0.1, 0.15) is 25.6 Å². The minimum atomic E-state index is -0.691. The molecule has 196 valence electrons. The zero-order valence-corrected chi connectivity index (χ0v) is 22.2. The summed E-state index contributed by atoms with van der Waals surface area (Å²) in [7, 11) is 2.76. The molecule has 3 N–H and O–H groups in total. The number of amides is 2. The quantitative estimate of drug-likeness (QED) is 0.162. The second-order valence-corrected chi connectivity index (χ2v) is 9.71. The number of rotatable bonds is 9. The standard InChI is InChI=1S/C25H22N4O7S2/c1-14-19(24(32)35-3)22(38-20(14)21(31)26-15-7-5-4-6-8-15)27-18(30)13-37-23-25(33)36-28-29(23)16-9-11-17(34-2)12-10-16/h4-12H,13H2,1-3H3,(H2-,26,27,28,30,31,32,33)/p+1. The summed E-state index contributed by atoms with van der Waals surface area (Å²) in [5.74, 6) is -1.16. The van der Waals surface area contributed by atoms with Gasteiger partial charge in [-0.1, -0.05) is 18.2 Å². The number of aromatic amines is 1. The molecule has 0 radical (unpaired) electrons. The molecule has 0 aliphatic carbocycles. The van der Waals surface area contributed by atoms with Crippen molar-refractivity contribution in [3.05, 3.63) is 81.0 Å². The number of ether oxygens (including phenoxy) is 2. The molecule has 0 saturated carbocycles.